The van der Waals surface area contributed by atoms with Gasteiger partial charge in [0, 0.05) is 37.2 Å². The Morgan fingerprint density at radius 3 is 3.10 bits per heavy atom. The van der Waals surface area contributed by atoms with Gasteiger partial charge < -0.3 is 14.8 Å². The molecule has 2 rings (SSSR count). The molecular weight excluding hydrogens is 342 g/mol. The van der Waals surface area contributed by atoms with Crippen LogP contribution in [0.2, 0.25) is 5.02 Å². The van der Waals surface area contributed by atoms with E-state index >= 15 is 0 Å². The fraction of sp³-hybridized carbons (Fsp3) is 0.600. The molecule has 3 nitrogen and oxygen atoms in total. The first-order valence-corrected chi connectivity index (χ1v) is 8.15. The Kier molecular flexibility index (Phi) is 6.78. The SMILES string of the molecule is COCCNCC1CCCOC1c1ccc(Br)c(Cl)c1. The third-order valence-electron chi connectivity index (χ3n) is 3.61. The molecule has 1 aromatic carbocycles. The molecule has 2 unspecified atom stereocenters. The number of benzene rings is 1. The molecule has 5 heteroatoms. The summed E-state index contributed by atoms with van der Waals surface area (Å²) in [4.78, 5) is 0. The first kappa shape index (κ1) is 16.2. The van der Waals surface area contributed by atoms with Crippen molar-refractivity contribution in [1.82, 2.24) is 5.32 Å². The van der Waals surface area contributed by atoms with Crippen molar-refractivity contribution >= 4 is 27.5 Å². The number of methoxy groups -OCH3 is 1. The number of halogens is 2. The van der Waals surface area contributed by atoms with Gasteiger partial charge in [0.05, 0.1) is 17.7 Å². The van der Waals surface area contributed by atoms with Crippen molar-refractivity contribution in [2.24, 2.45) is 5.92 Å². The monoisotopic (exact) mass is 361 g/mol. The molecule has 0 bridgehead atoms. The molecule has 20 heavy (non-hydrogen) atoms. The van der Waals surface area contributed by atoms with Crippen molar-refractivity contribution in [2.75, 3.05) is 33.4 Å². The molecule has 0 saturated carbocycles. The molecule has 112 valence electrons. The van der Waals surface area contributed by atoms with Gasteiger partial charge in [-0.2, -0.15) is 0 Å². The summed E-state index contributed by atoms with van der Waals surface area (Å²) < 4.78 is 12.0. The van der Waals surface area contributed by atoms with Crippen LogP contribution >= 0.6 is 27.5 Å². The lowest BCUT2D eigenvalue weighted by molar-refractivity contribution is -0.0280. The minimum absolute atomic E-state index is 0.129. The molecule has 1 aliphatic heterocycles. The first-order chi connectivity index (χ1) is 9.72. The molecule has 0 amide bonds. The molecule has 1 fully saturated rings. The summed E-state index contributed by atoms with van der Waals surface area (Å²) >= 11 is 9.62. The average molecular weight is 363 g/mol. The Morgan fingerprint density at radius 2 is 2.35 bits per heavy atom. The van der Waals surface area contributed by atoms with Crippen LogP contribution in [0, 0.1) is 5.92 Å². The minimum Gasteiger partial charge on any atom is -0.383 e. The molecule has 1 aliphatic rings. The average Bonchev–Trinajstić information content (AvgIpc) is 2.47. The van der Waals surface area contributed by atoms with Gasteiger partial charge in [-0.1, -0.05) is 17.7 Å². The number of nitrogens with one attached hydrogen (secondary N) is 1. The maximum Gasteiger partial charge on any atom is 0.0865 e. The van der Waals surface area contributed by atoms with Crippen LogP contribution in [0.1, 0.15) is 24.5 Å². The third-order valence-corrected chi connectivity index (χ3v) is 4.84. The zero-order valence-electron chi connectivity index (χ0n) is 11.7. The summed E-state index contributed by atoms with van der Waals surface area (Å²) in [5.41, 5.74) is 1.16. The summed E-state index contributed by atoms with van der Waals surface area (Å²) in [6.45, 7) is 3.39. The van der Waals surface area contributed by atoms with Crippen LogP contribution in [0.4, 0.5) is 0 Å². The van der Waals surface area contributed by atoms with E-state index in [4.69, 9.17) is 21.1 Å². The van der Waals surface area contributed by atoms with Crippen LogP contribution in [0.5, 0.6) is 0 Å². The molecule has 0 aromatic heterocycles. The second kappa shape index (κ2) is 8.35. The van der Waals surface area contributed by atoms with Gasteiger partial charge in [0.2, 0.25) is 0 Å². The number of rotatable bonds is 6. The van der Waals surface area contributed by atoms with E-state index in [-0.39, 0.29) is 6.10 Å². The zero-order chi connectivity index (χ0) is 14.4. The van der Waals surface area contributed by atoms with Crippen LogP contribution < -0.4 is 5.32 Å². The van der Waals surface area contributed by atoms with E-state index in [2.05, 4.69) is 27.3 Å². The molecule has 0 aliphatic carbocycles. The van der Waals surface area contributed by atoms with E-state index in [0.29, 0.717) is 5.92 Å². The van der Waals surface area contributed by atoms with E-state index in [0.717, 1.165) is 47.8 Å². The summed E-state index contributed by atoms with van der Waals surface area (Å²) in [7, 11) is 1.72. The highest BCUT2D eigenvalue weighted by molar-refractivity contribution is 9.10. The maximum absolute atomic E-state index is 6.19. The van der Waals surface area contributed by atoms with E-state index < -0.39 is 0 Å². The number of hydrogen-bond donors (Lipinski definition) is 1. The predicted octanol–water partition coefficient (Wildman–Crippen LogP) is 3.81. The van der Waals surface area contributed by atoms with Crippen molar-refractivity contribution < 1.29 is 9.47 Å². The van der Waals surface area contributed by atoms with Gasteiger partial charge in [0.1, 0.15) is 0 Å². The molecular formula is C15H21BrClNO2. The summed E-state index contributed by atoms with van der Waals surface area (Å²) in [6, 6.07) is 6.09. The van der Waals surface area contributed by atoms with Crippen molar-refractivity contribution in [3.05, 3.63) is 33.3 Å². The quantitative estimate of drug-likeness (QED) is 0.781. The van der Waals surface area contributed by atoms with E-state index in [1.165, 1.54) is 6.42 Å². The van der Waals surface area contributed by atoms with Gasteiger partial charge in [-0.25, -0.2) is 0 Å². The number of hydrogen-bond acceptors (Lipinski definition) is 3. The van der Waals surface area contributed by atoms with E-state index in [1.54, 1.807) is 7.11 Å². The molecule has 1 saturated heterocycles. The second-order valence-corrected chi connectivity index (χ2v) is 6.33. The zero-order valence-corrected chi connectivity index (χ0v) is 14.0. The highest BCUT2D eigenvalue weighted by Gasteiger charge is 2.27. The Hall–Kier alpha value is -0.130. The second-order valence-electron chi connectivity index (χ2n) is 5.06. The van der Waals surface area contributed by atoms with Crippen molar-refractivity contribution in [3.63, 3.8) is 0 Å². The van der Waals surface area contributed by atoms with Gasteiger partial charge >= 0.3 is 0 Å². The van der Waals surface area contributed by atoms with Crippen molar-refractivity contribution in [1.29, 1.82) is 0 Å². The largest absolute Gasteiger partial charge is 0.383 e. The first-order valence-electron chi connectivity index (χ1n) is 6.98. The van der Waals surface area contributed by atoms with Crippen LogP contribution in [-0.2, 0) is 9.47 Å². The van der Waals surface area contributed by atoms with Crippen molar-refractivity contribution in [2.45, 2.75) is 18.9 Å². The highest BCUT2D eigenvalue weighted by atomic mass is 79.9. The summed E-state index contributed by atoms with van der Waals surface area (Å²) in [5.74, 6) is 0.484. The Labute approximate surface area is 134 Å². The van der Waals surface area contributed by atoms with Crippen LogP contribution in [0.3, 0.4) is 0 Å². The molecule has 0 radical (unpaired) electrons. The molecule has 0 spiro atoms. The highest BCUT2D eigenvalue weighted by Crippen LogP contribution is 2.35. The number of ether oxygens (including phenoxy) is 2. The third kappa shape index (κ3) is 4.43. The summed E-state index contributed by atoms with van der Waals surface area (Å²) in [5, 5.41) is 4.17. The Morgan fingerprint density at radius 1 is 1.50 bits per heavy atom. The van der Waals surface area contributed by atoms with Gasteiger partial charge in [0.15, 0.2) is 0 Å². The molecule has 1 N–H and O–H groups in total. The summed E-state index contributed by atoms with van der Waals surface area (Å²) in [6.07, 6.45) is 2.43. The van der Waals surface area contributed by atoms with Gasteiger partial charge in [-0.05, 0) is 46.5 Å². The molecule has 1 aromatic rings. The standard InChI is InChI=1S/C15H21BrClNO2/c1-19-8-6-18-10-12-3-2-7-20-15(12)11-4-5-13(16)14(17)9-11/h4-5,9,12,15,18H,2-3,6-8,10H2,1H3. The van der Waals surface area contributed by atoms with Gasteiger partial charge in [-0.3, -0.25) is 0 Å². The van der Waals surface area contributed by atoms with Crippen LogP contribution in [0.25, 0.3) is 0 Å². The van der Waals surface area contributed by atoms with Gasteiger partial charge in [0.25, 0.3) is 0 Å². The predicted molar refractivity (Wildman–Crippen MR) is 85.3 cm³/mol. The smallest absolute Gasteiger partial charge is 0.0865 e. The Balaban J connectivity index is 2.00. The molecule has 1 heterocycles. The Bertz CT molecular complexity index is 430. The van der Waals surface area contributed by atoms with Crippen molar-refractivity contribution in [3.8, 4) is 0 Å². The van der Waals surface area contributed by atoms with Crippen LogP contribution in [-0.4, -0.2) is 33.4 Å². The fourth-order valence-corrected chi connectivity index (χ4v) is 3.01. The van der Waals surface area contributed by atoms with Crippen LogP contribution in [0.15, 0.2) is 22.7 Å². The van der Waals surface area contributed by atoms with E-state index in [9.17, 15) is 0 Å². The molecule has 2 atom stereocenters. The normalized spacial score (nSPS) is 22.9. The van der Waals surface area contributed by atoms with E-state index in [1.807, 2.05) is 12.1 Å². The lowest BCUT2D eigenvalue weighted by atomic mass is 9.89. The topological polar surface area (TPSA) is 30.5 Å². The maximum atomic E-state index is 6.19. The lowest BCUT2D eigenvalue weighted by Gasteiger charge is -2.32. The minimum atomic E-state index is 0.129. The fourth-order valence-electron chi connectivity index (χ4n) is 2.57. The van der Waals surface area contributed by atoms with Gasteiger partial charge in [-0.15, -0.1) is 0 Å². The lowest BCUT2D eigenvalue weighted by Crippen LogP contribution is -2.33.